The maximum absolute atomic E-state index is 14.1. The van der Waals surface area contributed by atoms with Crippen LogP contribution in [0.2, 0.25) is 0 Å². The molecule has 1 aromatic rings. The lowest BCUT2D eigenvalue weighted by Gasteiger charge is -2.70. The Labute approximate surface area is 282 Å². The molecule has 1 spiro atoms. The van der Waals surface area contributed by atoms with Gasteiger partial charge >= 0.3 is 11.9 Å². The van der Waals surface area contributed by atoms with Gasteiger partial charge in [0.2, 0.25) is 0 Å². The molecule has 1 unspecified atom stereocenters. The summed E-state index contributed by atoms with van der Waals surface area (Å²) in [6.45, 7) is 5.31. The molecule has 5 aliphatic carbocycles. The van der Waals surface area contributed by atoms with E-state index in [1.807, 2.05) is 0 Å². The molecule has 7 rings (SSSR count). The van der Waals surface area contributed by atoms with Gasteiger partial charge in [0.15, 0.2) is 11.5 Å². The number of piperidine rings is 1. The summed E-state index contributed by atoms with van der Waals surface area (Å²) in [7, 11) is 9.90. The number of methoxy groups -OCH3 is 6. The van der Waals surface area contributed by atoms with E-state index in [0.717, 1.165) is 6.54 Å². The van der Waals surface area contributed by atoms with Crippen LogP contribution in [-0.2, 0) is 33.2 Å². The van der Waals surface area contributed by atoms with E-state index in [1.165, 1.54) is 14.0 Å². The third-order valence-electron chi connectivity index (χ3n) is 13.6. The molecular weight excluding hydrogens is 622 g/mol. The van der Waals surface area contributed by atoms with Crippen LogP contribution >= 0.6 is 0 Å². The normalized spacial score (nSPS) is 45.1. The van der Waals surface area contributed by atoms with Gasteiger partial charge in [0.1, 0.15) is 11.7 Å². The lowest BCUT2D eigenvalue weighted by molar-refractivity contribution is -0.297. The van der Waals surface area contributed by atoms with Crippen molar-refractivity contribution in [2.45, 2.75) is 75.3 Å². The Kier molecular flexibility index (Phi) is 8.56. The van der Waals surface area contributed by atoms with Gasteiger partial charge in [-0.05, 0) is 37.1 Å². The highest BCUT2D eigenvalue weighted by Crippen LogP contribution is 2.80. The fourth-order valence-corrected chi connectivity index (χ4v) is 12.6. The molecule has 1 N–H and O–H groups in total. The van der Waals surface area contributed by atoms with E-state index in [2.05, 4.69) is 11.8 Å². The van der Waals surface area contributed by atoms with E-state index >= 15 is 0 Å². The van der Waals surface area contributed by atoms with Gasteiger partial charge < -0.3 is 43.0 Å². The summed E-state index contributed by atoms with van der Waals surface area (Å²) >= 11 is 0. The number of likely N-dealkylation sites (tertiary alicyclic amines) is 1. The summed E-state index contributed by atoms with van der Waals surface area (Å²) < 4.78 is 49.4. The number of esters is 2. The molecule has 1 aliphatic heterocycles. The zero-order valence-electron chi connectivity index (χ0n) is 29.3. The van der Waals surface area contributed by atoms with Crippen LogP contribution in [0.1, 0.15) is 43.5 Å². The van der Waals surface area contributed by atoms with Crippen LogP contribution in [0.3, 0.4) is 0 Å². The first-order chi connectivity index (χ1) is 23.1. The molecule has 1 heterocycles. The predicted molar refractivity (Wildman–Crippen MR) is 171 cm³/mol. The molecule has 0 aromatic heterocycles. The van der Waals surface area contributed by atoms with E-state index < -0.39 is 46.7 Å². The van der Waals surface area contributed by atoms with Crippen LogP contribution in [0, 0.1) is 40.4 Å². The van der Waals surface area contributed by atoms with E-state index in [9.17, 15) is 14.7 Å². The molecule has 12 heteroatoms. The summed E-state index contributed by atoms with van der Waals surface area (Å²) in [6.07, 6.45) is -0.760. The third-order valence-corrected chi connectivity index (χ3v) is 13.6. The number of nitrogens with zero attached hydrogens (tertiary/aromatic N) is 1. The van der Waals surface area contributed by atoms with E-state index in [0.29, 0.717) is 49.5 Å². The topological polar surface area (TPSA) is 131 Å². The van der Waals surface area contributed by atoms with Crippen molar-refractivity contribution in [2.24, 2.45) is 40.4 Å². The van der Waals surface area contributed by atoms with Crippen LogP contribution in [0.25, 0.3) is 0 Å². The summed E-state index contributed by atoms with van der Waals surface area (Å²) in [5.41, 5.74) is -1.89. The fourth-order valence-electron chi connectivity index (χ4n) is 12.6. The van der Waals surface area contributed by atoms with Crippen LogP contribution < -0.4 is 9.47 Å². The smallest absolute Gasteiger partial charge is 0.338 e. The molecule has 0 amide bonds. The zero-order chi connectivity index (χ0) is 34.3. The molecule has 1 saturated heterocycles. The molecule has 0 radical (unpaired) electrons. The molecule has 6 fully saturated rings. The lowest BCUT2D eigenvalue weighted by Crippen LogP contribution is -2.79. The van der Waals surface area contributed by atoms with Gasteiger partial charge in [-0.25, -0.2) is 4.79 Å². The van der Waals surface area contributed by atoms with Crippen molar-refractivity contribution in [2.75, 3.05) is 62.4 Å². The zero-order valence-corrected chi connectivity index (χ0v) is 29.3. The average molecular weight is 674 g/mol. The van der Waals surface area contributed by atoms with Crippen molar-refractivity contribution in [3.63, 3.8) is 0 Å². The second-order valence-electron chi connectivity index (χ2n) is 14.9. The molecule has 1 aromatic carbocycles. The van der Waals surface area contributed by atoms with Gasteiger partial charge in [0, 0.05) is 95.3 Å². The monoisotopic (exact) mass is 673 g/mol. The third kappa shape index (κ3) is 4.16. The molecule has 12 nitrogen and oxygen atoms in total. The maximum atomic E-state index is 14.1. The first-order valence-corrected chi connectivity index (χ1v) is 17.2. The van der Waals surface area contributed by atoms with Crippen LogP contribution in [0.5, 0.6) is 11.5 Å². The highest BCUT2D eigenvalue weighted by molar-refractivity contribution is 5.90. The molecule has 6 aliphatic rings. The van der Waals surface area contributed by atoms with Gasteiger partial charge in [-0.2, -0.15) is 0 Å². The Morgan fingerprint density at radius 1 is 0.958 bits per heavy atom. The Morgan fingerprint density at radius 3 is 2.31 bits per heavy atom. The van der Waals surface area contributed by atoms with Crippen molar-refractivity contribution < 1.29 is 52.6 Å². The van der Waals surface area contributed by atoms with E-state index in [-0.39, 0.29) is 47.8 Å². The van der Waals surface area contributed by atoms with Crippen LogP contribution in [0.4, 0.5) is 0 Å². The number of aliphatic hydroxyl groups is 1. The second-order valence-corrected chi connectivity index (χ2v) is 14.9. The minimum atomic E-state index is -1.07. The Morgan fingerprint density at radius 2 is 1.71 bits per heavy atom. The lowest BCUT2D eigenvalue weighted by atomic mass is 9.42. The minimum absolute atomic E-state index is 0.0722. The van der Waals surface area contributed by atoms with Crippen molar-refractivity contribution in [1.82, 2.24) is 4.90 Å². The number of hydrogen-bond donors (Lipinski definition) is 1. The second kappa shape index (κ2) is 12.1. The van der Waals surface area contributed by atoms with E-state index in [4.69, 9.17) is 37.9 Å². The van der Waals surface area contributed by atoms with Crippen LogP contribution in [-0.4, -0.2) is 126 Å². The molecule has 48 heavy (non-hydrogen) atoms. The van der Waals surface area contributed by atoms with Crippen molar-refractivity contribution in [1.29, 1.82) is 0 Å². The fraction of sp³-hybridized carbons (Fsp3) is 0.778. The van der Waals surface area contributed by atoms with Crippen molar-refractivity contribution >= 4 is 11.9 Å². The summed E-state index contributed by atoms with van der Waals surface area (Å²) in [5.74, 6) is -1.03. The first kappa shape index (κ1) is 34.0. The van der Waals surface area contributed by atoms with Gasteiger partial charge in [0.05, 0.1) is 50.8 Å². The Bertz CT molecular complexity index is 1420. The highest BCUT2D eigenvalue weighted by atomic mass is 16.6. The number of ether oxygens (including phenoxy) is 8. The van der Waals surface area contributed by atoms with Gasteiger partial charge in [-0.1, -0.05) is 6.92 Å². The number of aliphatic hydroxyl groups excluding tert-OH is 1. The average Bonchev–Trinajstić information content (AvgIpc) is 3.50. The number of benzene rings is 1. The largest absolute Gasteiger partial charge is 0.493 e. The minimum Gasteiger partial charge on any atom is -0.493 e. The predicted octanol–water partition coefficient (Wildman–Crippen LogP) is 2.58. The molecule has 266 valence electrons. The number of carbonyl (C=O) groups excluding carboxylic acids is 2. The maximum Gasteiger partial charge on any atom is 0.338 e. The summed E-state index contributed by atoms with van der Waals surface area (Å²) in [5, 5.41) is 12.1. The number of hydrogen-bond acceptors (Lipinski definition) is 12. The molecule has 14 atom stereocenters. The Hall–Kier alpha value is -2.48. The van der Waals surface area contributed by atoms with Gasteiger partial charge in [-0.15, -0.1) is 0 Å². The van der Waals surface area contributed by atoms with E-state index in [1.54, 1.807) is 53.7 Å². The molecule has 5 saturated carbocycles. The number of rotatable bonds is 11. The number of fused-ring (bicyclic) bond motifs is 2. The van der Waals surface area contributed by atoms with Gasteiger partial charge in [-0.3, -0.25) is 9.69 Å². The molecule has 7 bridgehead atoms. The quantitative estimate of drug-likeness (QED) is 0.347. The van der Waals surface area contributed by atoms with Crippen molar-refractivity contribution in [3.05, 3.63) is 23.8 Å². The van der Waals surface area contributed by atoms with Crippen molar-refractivity contribution in [3.8, 4) is 11.5 Å². The van der Waals surface area contributed by atoms with Crippen LogP contribution in [0.15, 0.2) is 18.2 Å². The Balaban J connectivity index is 1.43. The standard InChI is InChI=1S/C36H51NO11/c1-9-37-16-34(17-41-3)25(39)14-26(45-7)36-21-13-20-24(44-6)15-35(48-18(2)38,28(32(36)37)30(46-8)31(34)36)27(21)29(20)47-33(40)19-10-11-22(42-4)23(12-19)43-5/h10-12,20-21,24-32,39H,9,13-17H2,1-8H3/t20-,21-,24+,25?,26+,27-,28+,29+,30+,31-,32-,34+,35-,36+/m1/s1. The first-order valence-electron chi connectivity index (χ1n) is 17.2. The molecular formula is C36H51NO11. The summed E-state index contributed by atoms with van der Waals surface area (Å²) in [4.78, 5) is 29.8. The van der Waals surface area contributed by atoms with Gasteiger partial charge in [0.25, 0.3) is 0 Å². The summed E-state index contributed by atoms with van der Waals surface area (Å²) in [6, 6.07) is 4.90. The SMILES string of the molecule is CCN1C[C@]2(COC)C(O)C[C@H](OC)[C@@]34[C@@H]5C[C@H]6[C@H](OC(=O)c7ccc(OC)c(OC)c7)[C@@H]5[C@](OC(C)=O)(C[C@@H]6OC)[C@@H]([C@H](OC)[C@H]23)[C@@H]14. The highest BCUT2D eigenvalue weighted by Gasteiger charge is 2.89. The number of carbonyl (C=O) groups is 2.